The number of hydrogen-bond donors (Lipinski definition) is 2. The highest BCUT2D eigenvalue weighted by Gasteiger charge is 2.24. The van der Waals surface area contributed by atoms with Gasteiger partial charge in [0.2, 0.25) is 0 Å². The molecule has 1 aliphatic heterocycles. The van der Waals surface area contributed by atoms with E-state index in [9.17, 15) is 14.9 Å². The second-order valence-corrected chi connectivity index (χ2v) is 6.22. The topological polar surface area (TPSA) is 103 Å². The lowest BCUT2D eigenvalue weighted by molar-refractivity contribution is -0.385. The maximum Gasteiger partial charge on any atom is 0.280 e. The fraction of sp³-hybridized carbons (Fsp3) is 0.375. The van der Waals surface area contributed by atoms with Crippen LogP contribution in [0, 0.1) is 16.0 Å². The first-order chi connectivity index (χ1) is 11.8. The lowest BCUT2D eigenvalue weighted by Gasteiger charge is -2.13. The normalized spacial score (nSPS) is 15.3. The minimum absolute atomic E-state index is 0.128. The lowest BCUT2D eigenvalue weighted by Crippen LogP contribution is -2.21. The zero-order valence-corrected chi connectivity index (χ0v) is 14.9. The third kappa shape index (κ3) is 4.66. The van der Waals surface area contributed by atoms with Crippen molar-refractivity contribution < 1.29 is 19.2 Å². The second kappa shape index (κ2) is 7.93. The number of thiocarbonyl (C=S) groups is 1. The molecule has 0 bridgehead atoms. The quantitative estimate of drug-likeness (QED) is 0.331. The van der Waals surface area contributed by atoms with Crippen LogP contribution < -0.4 is 20.1 Å². The molecular weight excluding hydrogens is 346 g/mol. The molecule has 0 unspecified atom stereocenters. The maximum atomic E-state index is 11.7. The molecule has 1 aliphatic rings. The molecule has 0 atom stereocenters. The SMILES string of the molecule is COc1cc(C=C2NC(=S)NC2=O)c([N+](=O)[O-])cc1OCCC(C)C. The van der Waals surface area contributed by atoms with Crippen LogP contribution in [0.15, 0.2) is 17.8 Å². The van der Waals surface area contributed by atoms with Crippen molar-refractivity contribution in [2.75, 3.05) is 13.7 Å². The monoisotopic (exact) mass is 365 g/mol. The Labute approximate surface area is 150 Å². The molecule has 1 heterocycles. The van der Waals surface area contributed by atoms with Crippen LogP contribution in [-0.2, 0) is 4.79 Å². The number of amides is 1. The number of nitro benzene ring substituents is 1. The minimum atomic E-state index is -0.535. The van der Waals surface area contributed by atoms with Crippen LogP contribution in [0.2, 0.25) is 0 Å². The van der Waals surface area contributed by atoms with Gasteiger partial charge in [-0.1, -0.05) is 13.8 Å². The molecule has 2 rings (SSSR count). The number of nitro groups is 1. The van der Waals surface area contributed by atoms with E-state index in [0.29, 0.717) is 18.3 Å². The van der Waals surface area contributed by atoms with Crippen LogP contribution in [0.1, 0.15) is 25.8 Å². The molecule has 1 aromatic rings. The lowest BCUT2D eigenvalue weighted by atomic mass is 10.1. The van der Waals surface area contributed by atoms with E-state index in [0.717, 1.165) is 6.42 Å². The first kappa shape index (κ1) is 18.7. The van der Waals surface area contributed by atoms with Gasteiger partial charge in [0.15, 0.2) is 16.6 Å². The number of benzene rings is 1. The molecule has 0 saturated carbocycles. The number of carbonyl (C=O) groups is 1. The van der Waals surface area contributed by atoms with Gasteiger partial charge in [-0.25, -0.2) is 0 Å². The van der Waals surface area contributed by atoms with Gasteiger partial charge in [0.05, 0.1) is 30.3 Å². The van der Waals surface area contributed by atoms with E-state index in [2.05, 4.69) is 24.5 Å². The van der Waals surface area contributed by atoms with E-state index < -0.39 is 10.8 Å². The van der Waals surface area contributed by atoms with Crippen molar-refractivity contribution in [1.82, 2.24) is 10.6 Å². The van der Waals surface area contributed by atoms with Crippen molar-refractivity contribution in [3.8, 4) is 11.5 Å². The molecule has 0 spiro atoms. The van der Waals surface area contributed by atoms with Gasteiger partial charge < -0.3 is 14.8 Å². The average Bonchev–Trinajstić information content (AvgIpc) is 2.85. The van der Waals surface area contributed by atoms with E-state index in [4.69, 9.17) is 21.7 Å². The van der Waals surface area contributed by atoms with Crippen molar-refractivity contribution in [2.24, 2.45) is 5.92 Å². The summed E-state index contributed by atoms with van der Waals surface area (Å²) in [4.78, 5) is 22.6. The zero-order chi connectivity index (χ0) is 18.6. The van der Waals surface area contributed by atoms with E-state index in [-0.39, 0.29) is 27.8 Å². The Balaban J connectivity index is 2.39. The molecule has 0 aliphatic carbocycles. The molecular formula is C16H19N3O5S. The highest BCUT2D eigenvalue weighted by molar-refractivity contribution is 7.80. The van der Waals surface area contributed by atoms with Gasteiger partial charge >= 0.3 is 0 Å². The van der Waals surface area contributed by atoms with Crippen molar-refractivity contribution in [3.05, 3.63) is 33.5 Å². The van der Waals surface area contributed by atoms with Gasteiger partial charge in [0.25, 0.3) is 11.6 Å². The molecule has 1 saturated heterocycles. The van der Waals surface area contributed by atoms with Gasteiger partial charge in [0, 0.05) is 0 Å². The van der Waals surface area contributed by atoms with Gasteiger partial charge in [-0.15, -0.1) is 0 Å². The van der Waals surface area contributed by atoms with Crippen LogP contribution in [0.4, 0.5) is 5.69 Å². The summed E-state index contributed by atoms with van der Waals surface area (Å²) in [5.74, 6) is 0.634. The number of nitrogens with zero attached hydrogens (tertiary/aromatic N) is 1. The van der Waals surface area contributed by atoms with E-state index in [1.54, 1.807) is 0 Å². The first-order valence-electron chi connectivity index (χ1n) is 7.65. The summed E-state index contributed by atoms with van der Waals surface area (Å²) in [7, 11) is 1.45. The molecule has 1 amide bonds. The molecule has 0 radical (unpaired) electrons. The summed E-state index contributed by atoms with van der Waals surface area (Å²) in [6.07, 6.45) is 2.16. The summed E-state index contributed by atoms with van der Waals surface area (Å²) in [5, 5.41) is 16.6. The summed E-state index contributed by atoms with van der Waals surface area (Å²) < 4.78 is 10.9. The number of methoxy groups -OCH3 is 1. The Morgan fingerprint density at radius 2 is 2.04 bits per heavy atom. The summed E-state index contributed by atoms with van der Waals surface area (Å²) in [6, 6.07) is 2.77. The molecule has 1 aromatic carbocycles. The Hall–Kier alpha value is -2.68. The van der Waals surface area contributed by atoms with Gasteiger partial charge in [-0.3, -0.25) is 20.2 Å². The van der Waals surface area contributed by atoms with Crippen molar-refractivity contribution >= 4 is 35.0 Å². The van der Waals surface area contributed by atoms with E-state index in [1.807, 2.05) is 0 Å². The third-order valence-electron chi connectivity index (χ3n) is 3.48. The number of nitrogens with one attached hydrogen (secondary N) is 2. The Kier molecular flexibility index (Phi) is 5.92. The molecule has 9 heteroatoms. The van der Waals surface area contributed by atoms with Gasteiger partial charge in [-0.2, -0.15) is 0 Å². The van der Waals surface area contributed by atoms with Crippen LogP contribution in [0.5, 0.6) is 11.5 Å². The smallest absolute Gasteiger partial charge is 0.280 e. The van der Waals surface area contributed by atoms with E-state index >= 15 is 0 Å². The fourth-order valence-corrected chi connectivity index (χ4v) is 2.36. The predicted octanol–water partition coefficient (Wildman–Crippen LogP) is 2.37. The van der Waals surface area contributed by atoms with Crippen LogP contribution in [0.3, 0.4) is 0 Å². The largest absolute Gasteiger partial charge is 0.493 e. The minimum Gasteiger partial charge on any atom is -0.493 e. The molecule has 8 nitrogen and oxygen atoms in total. The van der Waals surface area contributed by atoms with Crippen molar-refractivity contribution in [1.29, 1.82) is 0 Å². The third-order valence-corrected chi connectivity index (χ3v) is 3.69. The van der Waals surface area contributed by atoms with Crippen LogP contribution >= 0.6 is 12.2 Å². The zero-order valence-electron chi connectivity index (χ0n) is 14.1. The fourth-order valence-electron chi connectivity index (χ4n) is 2.15. The maximum absolute atomic E-state index is 11.7. The molecule has 0 aromatic heterocycles. The molecule has 134 valence electrons. The van der Waals surface area contributed by atoms with Crippen molar-refractivity contribution in [3.63, 3.8) is 0 Å². The number of carbonyl (C=O) groups excluding carboxylic acids is 1. The van der Waals surface area contributed by atoms with E-state index in [1.165, 1.54) is 25.3 Å². The Morgan fingerprint density at radius 1 is 1.32 bits per heavy atom. The number of rotatable bonds is 7. The Morgan fingerprint density at radius 3 is 2.56 bits per heavy atom. The summed E-state index contributed by atoms with van der Waals surface area (Å²) >= 11 is 4.85. The second-order valence-electron chi connectivity index (χ2n) is 5.82. The highest BCUT2D eigenvalue weighted by atomic mass is 32.1. The highest BCUT2D eigenvalue weighted by Crippen LogP contribution is 2.36. The summed E-state index contributed by atoms with van der Waals surface area (Å²) in [5.41, 5.74) is 0.143. The van der Waals surface area contributed by atoms with Crippen molar-refractivity contribution in [2.45, 2.75) is 20.3 Å². The molecule has 1 fully saturated rings. The van der Waals surface area contributed by atoms with Gasteiger partial charge in [-0.05, 0) is 36.7 Å². The molecule has 25 heavy (non-hydrogen) atoms. The standard InChI is InChI=1S/C16H19N3O5S/c1-9(2)4-5-24-14-8-12(19(21)22)10(7-13(14)23-3)6-11-15(20)18-16(25)17-11/h6-9H,4-5H2,1-3H3,(H2,17,18,20,25). The predicted molar refractivity (Wildman–Crippen MR) is 96.5 cm³/mol. The summed E-state index contributed by atoms with van der Waals surface area (Å²) in [6.45, 7) is 4.54. The Bertz CT molecular complexity index is 746. The number of ether oxygens (including phenoxy) is 2. The molecule has 2 N–H and O–H groups in total. The van der Waals surface area contributed by atoms with Gasteiger partial charge in [0.1, 0.15) is 5.70 Å². The first-order valence-corrected chi connectivity index (χ1v) is 8.06. The van der Waals surface area contributed by atoms with Crippen LogP contribution in [0.25, 0.3) is 6.08 Å². The average molecular weight is 365 g/mol. The number of hydrogen-bond acceptors (Lipinski definition) is 6. The van der Waals surface area contributed by atoms with Crippen LogP contribution in [-0.4, -0.2) is 29.7 Å².